The van der Waals surface area contributed by atoms with Crippen molar-refractivity contribution in [3.05, 3.63) is 41.6 Å². The van der Waals surface area contributed by atoms with E-state index in [2.05, 4.69) is 9.88 Å². The Kier molecular flexibility index (Phi) is 3.35. The zero-order valence-electron chi connectivity index (χ0n) is 9.75. The molecule has 0 saturated carbocycles. The lowest BCUT2D eigenvalue weighted by Crippen LogP contribution is -2.12. The highest BCUT2D eigenvalue weighted by atomic mass is 32.2. The van der Waals surface area contributed by atoms with Crippen LogP contribution in [-0.2, 0) is 16.6 Å². The van der Waals surface area contributed by atoms with Crippen LogP contribution in [0.25, 0.3) is 0 Å². The third kappa shape index (κ3) is 2.69. The maximum absolute atomic E-state index is 12.0. The molecule has 2 aromatic rings. The average Bonchev–Trinajstić information content (AvgIpc) is 2.74. The van der Waals surface area contributed by atoms with E-state index in [1.807, 2.05) is 0 Å². The van der Waals surface area contributed by atoms with Crippen LogP contribution >= 0.6 is 0 Å². The van der Waals surface area contributed by atoms with Crippen LogP contribution in [0.15, 0.2) is 39.8 Å². The Morgan fingerprint density at radius 1 is 1.33 bits per heavy atom. The van der Waals surface area contributed by atoms with Gasteiger partial charge in [-0.1, -0.05) is 17.3 Å². The quantitative estimate of drug-likeness (QED) is 0.868. The first kappa shape index (κ1) is 12.6. The fourth-order valence-corrected chi connectivity index (χ4v) is 2.38. The summed E-state index contributed by atoms with van der Waals surface area (Å²) in [5.74, 6) is 0.0930. The molecule has 7 heteroatoms. The van der Waals surface area contributed by atoms with Gasteiger partial charge in [0.2, 0.25) is 5.88 Å². The van der Waals surface area contributed by atoms with Crippen molar-refractivity contribution in [3.8, 4) is 0 Å². The van der Waals surface area contributed by atoms with Gasteiger partial charge in [-0.25, -0.2) is 13.1 Å². The van der Waals surface area contributed by atoms with Gasteiger partial charge in [0, 0.05) is 12.6 Å². The molecular formula is C11H13N3O3S. The van der Waals surface area contributed by atoms with Crippen LogP contribution in [0.3, 0.4) is 0 Å². The van der Waals surface area contributed by atoms with E-state index in [4.69, 9.17) is 10.3 Å². The molecule has 0 atom stereocenters. The van der Waals surface area contributed by atoms with Gasteiger partial charge >= 0.3 is 0 Å². The van der Waals surface area contributed by atoms with Gasteiger partial charge in [-0.2, -0.15) is 0 Å². The van der Waals surface area contributed by atoms with E-state index in [-0.39, 0.29) is 10.8 Å². The van der Waals surface area contributed by atoms with E-state index in [1.54, 1.807) is 19.1 Å². The monoisotopic (exact) mass is 267 g/mol. The van der Waals surface area contributed by atoms with Crippen LogP contribution in [-0.4, -0.2) is 13.6 Å². The fraction of sp³-hybridized carbons (Fsp3) is 0.182. The third-order valence-electron chi connectivity index (χ3n) is 2.33. The normalized spacial score (nSPS) is 11.4. The summed E-state index contributed by atoms with van der Waals surface area (Å²) in [5.41, 5.74) is 6.92. The number of nitrogens with one attached hydrogen (secondary N) is 1. The van der Waals surface area contributed by atoms with Crippen LogP contribution in [0, 0.1) is 6.92 Å². The number of aryl methyl sites for hydroxylation is 1. The van der Waals surface area contributed by atoms with Crippen molar-refractivity contribution in [2.45, 2.75) is 18.4 Å². The third-order valence-corrected chi connectivity index (χ3v) is 3.69. The molecule has 0 saturated heterocycles. The molecular weight excluding hydrogens is 254 g/mol. The summed E-state index contributed by atoms with van der Waals surface area (Å²) in [6.45, 7) is 2.08. The molecule has 18 heavy (non-hydrogen) atoms. The van der Waals surface area contributed by atoms with Crippen molar-refractivity contribution in [2.24, 2.45) is 5.73 Å². The van der Waals surface area contributed by atoms with E-state index < -0.39 is 10.0 Å². The number of aromatic nitrogens is 1. The Morgan fingerprint density at radius 3 is 2.50 bits per heavy atom. The molecule has 0 radical (unpaired) electrons. The van der Waals surface area contributed by atoms with Gasteiger partial charge in [0.15, 0.2) is 0 Å². The Hall–Kier alpha value is -1.86. The van der Waals surface area contributed by atoms with E-state index >= 15 is 0 Å². The molecule has 0 aliphatic carbocycles. The Morgan fingerprint density at radius 2 is 2.00 bits per heavy atom. The standard InChI is InChI=1S/C11H13N3O3S/c1-8-6-11(17-13-8)14-18(15,16)10-4-2-9(7-12)3-5-10/h2-6,14H,7,12H2,1H3. The molecule has 1 heterocycles. The lowest BCUT2D eigenvalue weighted by Gasteiger charge is -2.05. The number of benzene rings is 1. The van der Waals surface area contributed by atoms with Gasteiger partial charge < -0.3 is 10.3 Å². The average molecular weight is 267 g/mol. The summed E-state index contributed by atoms with van der Waals surface area (Å²) in [6.07, 6.45) is 0. The van der Waals surface area contributed by atoms with E-state index in [0.29, 0.717) is 12.2 Å². The van der Waals surface area contributed by atoms with E-state index in [9.17, 15) is 8.42 Å². The number of anilines is 1. The van der Waals surface area contributed by atoms with E-state index in [1.165, 1.54) is 18.2 Å². The molecule has 0 fully saturated rings. The molecule has 0 unspecified atom stereocenters. The summed E-state index contributed by atoms with van der Waals surface area (Å²) in [7, 11) is -3.65. The summed E-state index contributed by atoms with van der Waals surface area (Å²) in [5, 5.41) is 3.60. The predicted molar refractivity (Wildman–Crippen MR) is 66.4 cm³/mol. The van der Waals surface area contributed by atoms with Crippen molar-refractivity contribution in [2.75, 3.05) is 4.72 Å². The zero-order chi connectivity index (χ0) is 13.2. The SMILES string of the molecule is Cc1cc(NS(=O)(=O)c2ccc(CN)cc2)on1. The topological polar surface area (TPSA) is 98.2 Å². The molecule has 1 aromatic carbocycles. The summed E-state index contributed by atoms with van der Waals surface area (Å²) < 4.78 is 31.1. The second-order valence-corrected chi connectivity index (χ2v) is 5.47. The molecule has 0 aliphatic heterocycles. The van der Waals surface area contributed by atoms with Crippen LogP contribution in [0.2, 0.25) is 0 Å². The largest absolute Gasteiger partial charge is 0.338 e. The second-order valence-electron chi connectivity index (χ2n) is 3.79. The first-order chi connectivity index (χ1) is 8.51. The molecule has 0 bridgehead atoms. The number of hydrogen-bond acceptors (Lipinski definition) is 5. The molecule has 96 valence electrons. The van der Waals surface area contributed by atoms with Crippen molar-refractivity contribution in [1.29, 1.82) is 0 Å². The smallest absolute Gasteiger partial charge is 0.264 e. The second kappa shape index (κ2) is 4.79. The van der Waals surface area contributed by atoms with Gasteiger partial charge in [-0.15, -0.1) is 0 Å². The molecule has 0 amide bonds. The molecule has 0 spiro atoms. The van der Waals surface area contributed by atoms with Crippen molar-refractivity contribution in [3.63, 3.8) is 0 Å². The van der Waals surface area contributed by atoms with Crippen LogP contribution in [0.4, 0.5) is 5.88 Å². The van der Waals surface area contributed by atoms with Crippen molar-refractivity contribution >= 4 is 15.9 Å². The Bertz CT molecular complexity index is 632. The molecule has 2 rings (SSSR count). The molecule has 3 N–H and O–H groups in total. The van der Waals surface area contributed by atoms with Gasteiger partial charge in [-0.05, 0) is 24.6 Å². The minimum absolute atomic E-state index is 0.0930. The van der Waals surface area contributed by atoms with Gasteiger partial charge in [0.05, 0.1) is 10.6 Å². The van der Waals surface area contributed by atoms with Crippen LogP contribution < -0.4 is 10.5 Å². The van der Waals surface area contributed by atoms with E-state index in [0.717, 1.165) is 5.56 Å². The van der Waals surface area contributed by atoms with Gasteiger partial charge in [0.25, 0.3) is 10.0 Å². The summed E-state index contributed by atoms with van der Waals surface area (Å²) in [4.78, 5) is 0.147. The number of hydrogen-bond donors (Lipinski definition) is 2. The van der Waals surface area contributed by atoms with Crippen molar-refractivity contribution in [1.82, 2.24) is 5.16 Å². The van der Waals surface area contributed by atoms with Crippen LogP contribution in [0.1, 0.15) is 11.3 Å². The first-order valence-corrected chi connectivity index (χ1v) is 6.75. The van der Waals surface area contributed by atoms with Gasteiger partial charge in [0.1, 0.15) is 0 Å². The summed E-state index contributed by atoms with van der Waals surface area (Å²) in [6, 6.07) is 7.83. The number of nitrogens with two attached hydrogens (primary N) is 1. The minimum atomic E-state index is -3.65. The number of rotatable bonds is 4. The maximum atomic E-state index is 12.0. The lowest BCUT2D eigenvalue weighted by atomic mass is 10.2. The molecule has 6 nitrogen and oxygen atoms in total. The first-order valence-electron chi connectivity index (χ1n) is 5.26. The number of nitrogens with zero attached hydrogens (tertiary/aromatic N) is 1. The Balaban J connectivity index is 2.24. The molecule has 0 aliphatic rings. The lowest BCUT2D eigenvalue weighted by molar-refractivity contribution is 0.430. The van der Waals surface area contributed by atoms with Crippen molar-refractivity contribution < 1.29 is 12.9 Å². The predicted octanol–water partition coefficient (Wildman–Crippen LogP) is 1.24. The molecule has 1 aromatic heterocycles. The highest BCUT2D eigenvalue weighted by molar-refractivity contribution is 7.92. The fourth-order valence-electron chi connectivity index (χ4n) is 1.41. The highest BCUT2D eigenvalue weighted by Crippen LogP contribution is 2.17. The minimum Gasteiger partial charge on any atom is -0.338 e. The zero-order valence-corrected chi connectivity index (χ0v) is 10.6. The highest BCUT2D eigenvalue weighted by Gasteiger charge is 2.16. The van der Waals surface area contributed by atoms with Gasteiger partial charge in [-0.3, -0.25) is 0 Å². The summed E-state index contributed by atoms with van der Waals surface area (Å²) >= 11 is 0. The maximum Gasteiger partial charge on any atom is 0.264 e. The number of sulfonamides is 1. The van der Waals surface area contributed by atoms with Crippen LogP contribution in [0.5, 0.6) is 0 Å². The Labute approximate surface area is 105 Å².